The summed E-state index contributed by atoms with van der Waals surface area (Å²) in [6, 6.07) is 4.26. The molecule has 0 aliphatic heterocycles. The number of carboxylic acids is 1. The van der Waals surface area contributed by atoms with Gasteiger partial charge < -0.3 is 10.4 Å². The number of nitrogens with one attached hydrogen (secondary N) is 1. The number of aliphatic carboxylic acids is 1. The zero-order valence-corrected chi connectivity index (χ0v) is 11.3. The summed E-state index contributed by atoms with van der Waals surface area (Å²) in [5.41, 5.74) is 0.212. The van der Waals surface area contributed by atoms with Crippen molar-refractivity contribution in [3.8, 4) is 0 Å². The molecule has 1 saturated carbocycles. The third kappa shape index (κ3) is 3.18. The average Bonchev–Trinajstić information content (AvgIpc) is 3.19. The molecule has 114 valence electrons. The lowest BCUT2D eigenvalue weighted by atomic mass is 10.2. The van der Waals surface area contributed by atoms with E-state index in [0.29, 0.717) is 0 Å². The van der Waals surface area contributed by atoms with Crippen LogP contribution in [-0.4, -0.2) is 31.2 Å². The SMILES string of the molecule is O=C(O)[C@H]1C[C@H]1C(=O)Nc1ccc(S(=O)(=O)C(F)F)cc1. The minimum absolute atomic E-state index is 0.212. The second-order valence-electron chi connectivity index (χ2n) is 4.61. The maximum Gasteiger partial charge on any atom is 0.341 e. The van der Waals surface area contributed by atoms with Crippen LogP contribution in [0.2, 0.25) is 0 Å². The van der Waals surface area contributed by atoms with Crippen molar-refractivity contribution in [3.05, 3.63) is 24.3 Å². The number of carbonyl (C=O) groups excluding carboxylic acids is 1. The lowest BCUT2D eigenvalue weighted by Gasteiger charge is -2.06. The molecule has 1 aliphatic rings. The van der Waals surface area contributed by atoms with Gasteiger partial charge in [0.1, 0.15) is 0 Å². The molecule has 6 nitrogen and oxygen atoms in total. The molecular formula is C12H11F2NO5S. The predicted octanol–water partition coefficient (Wildman–Crippen LogP) is 1.34. The average molecular weight is 319 g/mol. The maximum atomic E-state index is 12.3. The molecule has 1 aromatic rings. The molecule has 0 aromatic heterocycles. The monoisotopic (exact) mass is 319 g/mol. The summed E-state index contributed by atoms with van der Waals surface area (Å²) in [6.07, 6.45) is 0.249. The number of hydrogen-bond donors (Lipinski definition) is 2. The van der Waals surface area contributed by atoms with E-state index in [2.05, 4.69) is 5.32 Å². The number of rotatable bonds is 5. The minimum atomic E-state index is -4.67. The van der Waals surface area contributed by atoms with E-state index in [9.17, 15) is 26.8 Å². The number of anilines is 1. The van der Waals surface area contributed by atoms with Crippen LogP contribution >= 0.6 is 0 Å². The van der Waals surface area contributed by atoms with Crippen molar-refractivity contribution >= 4 is 27.4 Å². The van der Waals surface area contributed by atoms with Gasteiger partial charge in [-0.25, -0.2) is 8.42 Å². The fourth-order valence-electron chi connectivity index (χ4n) is 1.82. The van der Waals surface area contributed by atoms with E-state index >= 15 is 0 Å². The van der Waals surface area contributed by atoms with Gasteiger partial charge in [0.25, 0.3) is 0 Å². The lowest BCUT2D eigenvalue weighted by molar-refractivity contribution is -0.139. The summed E-state index contributed by atoms with van der Waals surface area (Å²) < 4.78 is 47.1. The van der Waals surface area contributed by atoms with Crippen LogP contribution in [0.15, 0.2) is 29.2 Å². The number of benzene rings is 1. The molecule has 0 heterocycles. The summed E-state index contributed by atoms with van der Waals surface area (Å²) >= 11 is 0. The van der Waals surface area contributed by atoms with Crippen LogP contribution in [-0.2, 0) is 19.4 Å². The Hall–Kier alpha value is -2.03. The molecule has 0 unspecified atom stereocenters. The van der Waals surface area contributed by atoms with E-state index < -0.39 is 44.2 Å². The van der Waals surface area contributed by atoms with Crippen LogP contribution in [0.1, 0.15) is 6.42 Å². The molecule has 1 aliphatic carbocycles. The van der Waals surface area contributed by atoms with Crippen LogP contribution < -0.4 is 5.32 Å². The Morgan fingerprint density at radius 3 is 2.19 bits per heavy atom. The normalized spacial score (nSPS) is 21.1. The van der Waals surface area contributed by atoms with Gasteiger partial charge in [-0.1, -0.05) is 0 Å². The number of carboxylic acid groups (broad SMARTS) is 1. The highest BCUT2D eigenvalue weighted by molar-refractivity contribution is 7.91. The molecule has 0 bridgehead atoms. The first kappa shape index (κ1) is 15.4. The van der Waals surface area contributed by atoms with Crippen molar-refractivity contribution in [2.45, 2.75) is 17.1 Å². The van der Waals surface area contributed by atoms with E-state index in [1.165, 1.54) is 12.1 Å². The molecule has 1 amide bonds. The topological polar surface area (TPSA) is 101 Å². The molecular weight excluding hydrogens is 308 g/mol. The highest BCUT2D eigenvalue weighted by Crippen LogP contribution is 2.39. The Morgan fingerprint density at radius 2 is 1.76 bits per heavy atom. The van der Waals surface area contributed by atoms with Crippen LogP contribution in [0.4, 0.5) is 14.5 Å². The number of halogens is 2. The molecule has 2 atom stereocenters. The van der Waals surface area contributed by atoms with Crippen LogP contribution in [0, 0.1) is 11.8 Å². The predicted molar refractivity (Wildman–Crippen MR) is 67.5 cm³/mol. The van der Waals surface area contributed by atoms with Gasteiger partial charge in [-0.15, -0.1) is 0 Å². The van der Waals surface area contributed by atoms with Gasteiger partial charge in [0, 0.05) is 5.69 Å². The summed E-state index contributed by atoms with van der Waals surface area (Å²) in [5, 5.41) is 11.1. The molecule has 0 spiro atoms. The van der Waals surface area contributed by atoms with E-state index in [1.54, 1.807) is 0 Å². The Balaban J connectivity index is 2.04. The van der Waals surface area contributed by atoms with Gasteiger partial charge in [-0.05, 0) is 30.7 Å². The van der Waals surface area contributed by atoms with Crippen LogP contribution in [0.25, 0.3) is 0 Å². The minimum Gasteiger partial charge on any atom is -0.481 e. The number of alkyl halides is 2. The lowest BCUT2D eigenvalue weighted by Crippen LogP contribution is -2.17. The van der Waals surface area contributed by atoms with Crippen molar-refractivity contribution in [2.24, 2.45) is 11.8 Å². The fourth-order valence-corrected chi connectivity index (χ4v) is 2.54. The molecule has 9 heteroatoms. The zero-order valence-electron chi connectivity index (χ0n) is 10.5. The van der Waals surface area contributed by atoms with Crippen molar-refractivity contribution < 1.29 is 31.9 Å². The summed E-state index contributed by atoms with van der Waals surface area (Å²) in [7, 11) is -4.67. The molecule has 2 rings (SSSR count). The molecule has 21 heavy (non-hydrogen) atoms. The van der Waals surface area contributed by atoms with Gasteiger partial charge in [0.2, 0.25) is 15.7 Å². The van der Waals surface area contributed by atoms with Gasteiger partial charge in [-0.2, -0.15) is 8.78 Å². The van der Waals surface area contributed by atoms with E-state index in [0.717, 1.165) is 12.1 Å². The summed E-state index contributed by atoms with van der Waals surface area (Å²) in [4.78, 5) is 21.7. The van der Waals surface area contributed by atoms with Crippen LogP contribution in [0.5, 0.6) is 0 Å². The Labute approximate surface area is 118 Å². The molecule has 0 saturated heterocycles. The highest BCUT2D eigenvalue weighted by atomic mass is 32.2. The van der Waals surface area contributed by atoms with Crippen molar-refractivity contribution in [1.29, 1.82) is 0 Å². The molecule has 0 radical (unpaired) electrons. The standard InChI is InChI=1S/C12H11F2NO5S/c13-12(14)21(19,20)7-3-1-6(2-4-7)15-10(16)8-5-9(8)11(17)18/h1-4,8-9,12H,5H2,(H,15,16)(H,17,18)/t8-,9+/m1/s1. The van der Waals surface area contributed by atoms with E-state index in [-0.39, 0.29) is 12.1 Å². The Bertz CT molecular complexity index is 671. The van der Waals surface area contributed by atoms with Gasteiger partial charge in [0.05, 0.1) is 16.7 Å². The first-order valence-electron chi connectivity index (χ1n) is 5.89. The largest absolute Gasteiger partial charge is 0.481 e. The Kier molecular flexibility index (Phi) is 3.95. The van der Waals surface area contributed by atoms with Gasteiger partial charge >= 0.3 is 11.7 Å². The highest BCUT2D eigenvalue weighted by Gasteiger charge is 2.48. The van der Waals surface area contributed by atoms with E-state index in [1.807, 2.05) is 0 Å². The van der Waals surface area contributed by atoms with Crippen molar-refractivity contribution in [2.75, 3.05) is 5.32 Å². The van der Waals surface area contributed by atoms with E-state index in [4.69, 9.17) is 5.11 Å². The van der Waals surface area contributed by atoms with Gasteiger partial charge in [-0.3, -0.25) is 9.59 Å². The number of sulfone groups is 1. The van der Waals surface area contributed by atoms with Crippen molar-refractivity contribution in [1.82, 2.24) is 0 Å². The second-order valence-corrected chi connectivity index (χ2v) is 6.52. The zero-order chi connectivity index (χ0) is 15.8. The summed E-state index contributed by atoms with van der Waals surface area (Å²) in [5.74, 6) is -6.38. The first-order valence-corrected chi connectivity index (χ1v) is 7.44. The smallest absolute Gasteiger partial charge is 0.341 e. The third-order valence-electron chi connectivity index (χ3n) is 3.13. The molecule has 1 fully saturated rings. The number of carbonyl (C=O) groups is 2. The number of amides is 1. The van der Waals surface area contributed by atoms with Crippen molar-refractivity contribution in [3.63, 3.8) is 0 Å². The fraction of sp³-hybridized carbons (Fsp3) is 0.333. The quantitative estimate of drug-likeness (QED) is 0.853. The van der Waals surface area contributed by atoms with Crippen LogP contribution in [0.3, 0.4) is 0 Å². The Morgan fingerprint density at radius 1 is 1.19 bits per heavy atom. The molecule has 2 N–H and O–H groups in total. The third-order valence-corrected chi connectivity index (χ3v) is 4.53. The first-order chi connectivity index (χ1) is 9.73. The summed E-state index contributed by atoms with van der Waals surface area (Å²) in [6.45, 7) is 0. The molecule has 1 aromatic carbocycles. The second kappa shape index (κ2) is 5.40. The maximum absolute atomic E-state index is 12.3. The number of hydrogen-bond acceptors (Lipinski definition) is 4. The van der Waals surface area contributed by atoms with Gasteiger partial charge in [0.15, 0.2) is 0 Å².